The summed E-state index contributed by atoms with van der Waals surface area (Å²) in [6.45, 7) is 2.04. The second-order valence-corrected chi connectivity index (χ2v) is 6.01. The summed E-state index contributed by atoms with van der Waals surface area (Å²) in [6, 6.07) is 19.0. The molecule has 0 unspecified atom stereocenters. The van der Waals surface area contributed by atoms with Crippen molar-refractivity contribution in [2.24, 2.45) is 0 Å². The maximum Gasteiger partial charge on any atom is 0.331 e. The molecule has 3 aromatic carbocycles. The number of phenols is 1. The van der Waals surface area contributed by atoms with Crippen molar-refractivity contribution >= 4 is 22.8 Å². The molecule has 0 spiro atoms. The zero-order valence-electron chi connectivity index (χ0n) is 14.1. The Labute approximate surface area is 146 Å². The minimum atomic E-state index is -0.980. The molecule has 0 aliphatic heterocycles. The molecule has 3 aromatic rings. The normalized spacial score (nSPS) is 11.6. The van der Waals surface area contributed by atoms with E-state index in [1.807, 2.05) is 61.5 Å². The molecule has 0 saturated carbocycles. The molecular weight excluding hydrogens is 312 g/mol. The monoisotopic (exact) mass is 332 g/mol. The molecule has 0 fully saturated rings. The summed E-state index contributed by atoms with van der Waals surface area (Å²) in [4.78, 5) is 11.7. The molecule has 0 bridgehead atoms. The first-order chi connectivity index (χ1) is 12.1. The molecule has 0 aliphatic rings. The van der Waals surface area contributed by atoms with Crippen LogP contribution in [0.2, 0.25) is 0 Å². The molecule has 25 heavy (non-hydrogen) atoms. The number of hydrogen-bond donors (Lipinski definition) is 2. The summed E-state index contributed by atoms with van der Waals surface area (Å²) in [5.74, 6) is -0.839. The number of carbonyl (C=O) groups is 1. The van der Waals surface area contributed by atoms with Crippen molar-refractivity contribution in [2.75, 3.05) is 0 Å². The van der Waals surface area contributed by atoms with E-state index in [1.165, 1.54) is 0 Å². The Morgan fingerprint density at radius 3 is 2.44 bits per heavy atom. The van der Waals surface area contributed by atoms with Gasteiger partial charge in [-0.25, -0.2) is 4.79 Å². The van der Waals surface area contributed by atoms with Gasteiger partial charge in [0.2, 0.25) is 0 Å². The Kier molecular flexibility index (Phi) is 4.85. The standard InChI is InChI=1S/C22H20O3/c1-2-16-9-6-10-17-11-12-18(21(23)20(16)17)14-19(22(24)25)13-15-7-4-3-5-8-15/h3-12,14,23H,2,13H2,1H3,(H,24,25)/b19-14+. The average molecular weight is 332 g/mol. The van der Waals surface area contributed by atoms with Gasteiger partial charge in [0.1, 0.15) is 5.75 Å². The van der Waals surface area contributed by atoms with Gasteiger partial charge in [-0.1, -0.05) is 67.6 Å². The van der Waals surface area contributed by atoms with Crippen molar-refractivity contribution < 1.29 is 15.0 Å². The van der Waals surface area contributed by atoms with E-state index >= 15 is 0 Å². The zero-order valence-corrected chi connectivity index (χ0v) is 14.1. The van der Waals surface area contributed by atoms with Gasteiger partial charge in [0.05, 0.1) is 0 Å². The molecular formula is C22H20O3. The van der Waals surface area contributed by atoms with Crippen molar-refractivity contribution in [3.8, 4) is 5.75 Å². The van der Waals surface area contributed by atoms with E-state index in [0.717, 1.165) is 28.3 Å². The number of carboxylic acids is 1. The second-order valence-electron chi connectivity index (χ2n) is 6.01. The number of benzene rings is 3. The third-order valence-electron chi connectivity index (χ3n) is 4.36. The third-order valence-corrected chi connectivity index (χ3v) is 4.36. The summed E-state index contributed by atoms with van der Waals surface area (Å²) in [5.41, 5.74) is 2.74. The van der Waals surface area contributed by atoms with Crippen LogP contribution in [0.25, 0.3) is 16.8 Å². The van der Waals surface area contributed by atoms with Crippen LogP contribution in [0.1, 0.15) is 23.6 Å². The number of aromatic hydroxyl groups is 1. The van der Waals surface area contributed by atoms with E-state index in [9.17, 15) is 15.0 Å². The summed E-state index contributed by atoms with van der Waals surface area (Å²) in [6.07, 6.45) is 2.67. The first-order valence-electron chi connectivity index (χ1n) is 8.31. The summed E-state index contributed by atoms with van der Waals surface area (Å²) < 4.78 is 0. The van der Waals surface area contributed by atoms with Crippen molar-refractivity contribution in [2.45, 2.75) is 19.8 Å². The SMILES string of the molecule is CCc1cccc2ccc(/C=C(\Cc3ccccc3)C(=O)O)c(O)c12. The van der Waals surface area contributed by atoms with Gasteiger partial charge in [-0.3, -0.25) is 0 Å². The van der Waals surface area contributed by atoms with Crippen LogP contribution in [0.5, 0.6) is 5.75 Å². The number of phenolic OH excluding ortho intramolecular Hbond substituents is 1. The minimum Gasteiger partial charge on any atom is -0.507 e. The van der Waals surface area contributed by atoms with Crippen LogP contribution >= 0.6 is 0 Å². The quantitative estimate of drug-likeness (QED) is 0.659. The van der Waals surface area contributed by atoms with Crippen LogP contribution in [0.4, 0.5) is 0 Å². The number of aliphatic carboxylic acids is 1. The van der Waals surface area contributed by atoms with Crippen LogP contribution in [-0.4, -0.2) is 16.2 Å². The Morgan fingerprint density at radius 2 is 1.76 bits per heavy atom. The van der Waals surface area contributed by atoms with Crippen molar-refractivity contribution in [1.29, 1.82) is 0 Å². The maximum absolute atomic E-state index is 11.7. The number of rotatable bonds is 5. The first-order valence-corrected chi connectivity index (χ1v) is 8.31. The van der Waals surface area contributed by atoms with Crippen LogP contribution in [0.15, 0.2) is 66.2 Å². The van der Waals surface area contributed by atoms with Gasteiger partial charge in [0, 0.05) is 22.9 Å². The van der Waals surface area contributed by atoms with Gasteiger partial charge >= 0.3 is 5.97 Å². The molecule has 0 saturated heterocycles. The number of fused-ring (bicyclic) bond motifs is 1. The number of hydrogen-bond acceptors (Lipinski definition) is 2. The highest BCUT2D eigenvalue weighted by Gasteiger charge is 2.13. The van der Waals surface area contributed by atoms with Crippen LogP contribution in [-0.2, 0) is 17.6 Å². The van der Waals surface area contributed by atoms with Crippen LogP contribution in [0.3, 0.4) is 0 Å². The Morgan fingerprint density at radius 1 is 1.00 bits per heavy atom. The summed E-state index contributed by atoms with van der Waals surface area (Å²) in [7, 11) is 0. The lowest BCUT2D eigenvalue weighted by atomic mass is 9.96. The van der Waals surface area contributed by atoms with Crippen molar-refractivity contribution in [3.63, 3.8) is 0 Å². The fourth-order valence-corrected chi connectivity index (χ4v) is 3.05. The van der Waals surface area contributed by atoms with Gasteiger partial charge in [-0.05, 0) is 29.0 Å². The molecule has 3 nitrogen and oxygen atoms in total. The van der Waals surface area contributed by atoms with Gasteiger partial charge in [-0.15, -0.1) is 0 Å². The van der Waals surface area contributed by atoms with E-state index in [1.54, 1.807) is 12.1 Å². The topological polar surface area (TPSA) is 57.5 Å². The highest BCUT2D eigenvalue weighted by Crippen LogP contribution is 2.33. The van der Waals surface area contributed by atoms with Gasteiger partial charge in [0.25, 0.3) is 0 Å². The molecule has 3 rings (SSSR count). The molecule has 0 radical (unpaired) electrons. The van der Waals surface area contributed by atoms with E-state index in [0.29, 0.717) is 12.0 Å². The Bertz CT molecular complexity index is 940. The lowest BCUT2D eigenvalue weighted by Crippen LogP contribution is -2.04. The lowest BCUT2D eigenvalue weighted by molar-refractivity contribution is -0.132. The number of aryl methyl sites for hydroxylation is 1. The average Bonchev–Trinajstić information content (AvgIpc) is 2.63. The smallest absolute Gasteiger partial charge is 0.331 e. The van der Waals surface area contributed by atoms with Crippen molar-refractivity contribution in [3.05, 3.63) is 82.9 Å². The Balaban J connectivity index is 2.08. The third kappa shape index (κ3) is 3.56. The molecule has 0 atom stereocenters. The predicted molar refractivity (Wildman–Crippen MR) is 101 cm³/mol. The molecule has 3 heteroatoms. The molecule has 0 heterocycles. The molecule has 0 aliphatic carbocycles. The summed E-state index contributed by atoms with van der Waals surface area (Å²) >= 11 is 0. The fourth-order valence-electron chi connectivity index (χ4n) is 3.05. The fraction of sp³-hybridized carbons (Fsp3) is 0.136. The second kappa shape index (κ2) is 7.22. The molecule has 0 amide bonds. The van der Waals surface area contributed by atoms with Gasteiger partial charge < -0.3 is 10.2 Å². The predicted octanol–water partition coefficient (Wildman–Crippen LogP) is 4.82. The minimum absolute atomic E-state index is 0.141. The number of carboxylic acid groups (broad SMARTS) is 1. The van der Waals surface area contributed by atoms with E-state index in [4.69, 9.17) is 0 Å². The highest BCUT2D eigenvalue weighted by atomic mass is 16.4. The summed E-state index contributed by atoms with van der Waals surface area (Å²) in [5, 5.41) is 22.0. The first kappa shape index (κ1) is 16.8. The van der Waals surface area contributed by atoms with Crippen molar-refractivity contribution in [1.82, 2.24) is 0 Å². The van der Waals surface area contributed by atoms with Gasteiger partial charge in [-0.2, -0.15) is 0 Å². The molecule has 126 valence electrons. The van der Waals surface area contributed by atoms with E-state index in [-0.39, 0.29) is 11.3 Å². The van der Waals surface area contributed by atoms with E-state index < -0.39 is 5.97 Å². The molecule has 0 aromatic heterocycles. The highest BCUT2D eigenvalue weighted by molar-refractivity contribution is 5.98. The van der Waals surface area contributed by atoms with Crippen LogP contribution in [0, 0.1) is 0 Å². The molecule has 2 N–H and O–H groups in total. The largest absolute Gasteiger partial charge is 0.507 e. The van der Waals surface area contributed by atoms with Gasteiger partial charge in [0.15, 0.2) is 0 Å². The van der Waals surface area contributed by atoms with Crippen LogP contribution < -0.4 is 0 Å². The Hall–Kier alpha value is -3.07. The lowest BCUT2D eigenvalue weighted by Gasteiger charge is -2.10. The zero-order chi connectivity index (χ0) is 17.8. The maximum atomic E-state index is 11.7. The van der Waals surface area contributed by atoms with E-state index in [2.05, 4.69) is 0 Å².